The Morgan fingerprint density at radius 2 is 1.85 bits per heavy atom. The van der Waals surface area contributed by atoms with Crippen molar-refractivity contribution in [1.29, 1.82) is 0 Å². The van der Waals surface area contributed by atoms with Crippen LogP contribution >= 0.6 is 23.2 Å². The van der Waals surface area contributed by atoms with Crippen molar-refractivity contribution in [1.82, 2.24) is 9.47 Å². The second-order valence-corrected chi connectivity index (χ2v) is 7.32. The highest BCUT2D eigenvalue weighted by atomic mass is 35.5. The largest absolute Gasteiger partial charge is 0.420 e. The summed E-state index contributed by atoms with van der Waals surface area (Å²) in [6.07, 6.45) is -0.0785. The summed E-state index contributed by atoms with van der Waals surface area (Å²) in [5.74, 6) is -0.388. The number of benzene rings is 2. The highest BCUT2D eigenvalue weighted by Crippen LogP contribution is 2.20. The minimum atomic E-state index is -0.388. The molecule has 7 heteroatoms. The van der Waals surface area contributed by atoms with E-state index in [1.54, 1.807) is 22.8 Å². The standard InChI is InChI=1S/C19H18Cl2N2O3/c20-14-3-1-13(2-4-14)10-22-7-8-25-16(11-22)12-23-17-6-5-15(21)9-18(17)26-19(23)24/h1-6,9,16H,7-8,10-12H2. The predicted octanol–water partition coefficient (Wildman–Crippen LogP) is 3.80. The predicted molar refractivity (Wildman–Crippen MR) is 102 cm³/mol. The topological polar surface area (TPSA) is 47.6 Å². The van der Waals surface area contributed by atoms with E-state index in [-0.39, 0.29) is 11.9 Å². The van der Waals surface area contributed by atoms with Gasteiger partial charge in [-0.25, -0.2) is 4.79 Å². The Labute approximate surface area is 160 Å². The Balaban J connectivity index is 1.48. The van der Waals surface area contributed by atoms with Crippen molar-refractivity contribution in [3.8, 4) is 0 Å². The fourth-order valence-electron chi connectivity index (χ4n) is 3.30. The first-order valence-corrected chi connectivity index (χ1v) is 9.21. The normalized spacial score (nSPS) is 18.5. The third-order valence-electron chi connectivity index (χ3n) is 4.56. The Kier molecular flexibility index (Phi) is 5.05. The van der Waals surface area contributed by atoms with Crippen LogP contribution in [0.25, 0.3) is 11.1 Å². The summed E-state index contributed by atoms with van der Waals surface area (Å²) in [6.45, 7) is 3.51. The van der Waals surface area contributed by atoms with E-state index in [1.165, 1.54) is 5.56 Å². The number of oxazole rings is 1. The summed E-state index contributed by atoms with van der Waals surface area (Å²) in [5.41, 5.74) is 2.43. The lowest BCUT2D eigenvalue weighted by molar-refractivity contribution is -0.0390. The molecular formula is C19H18Cl2N2O3. The number of morpholine rings is 1. The van der Waals surface area contributed by atoms with Gasteiger partial charge in [0.05, 0.1) is 24.8 Å². The van der Waals surface area contributed by atoms with Gasteiger partial charge in [0.25, 0.3) is 0 Å². The van der Waals surface area contributed by atoms with Crippen LogP contribution in [0, 0.1) is 0 Å². The van der Waals surface area contributed by atoms with E-state index in [1.807, 2.05) is 24.3 Å². The van der Waals surface area contributed by atoms with Gasteiger partial charge in [-0.05, 0) is 29.8 Å². The molecule has 1 atom stereocenters. The van der Waals surface area contributed by atoms with E-state index < -0.39 is 0 Å². The maximum atomic E-state index is 12.2. The summed E-state index contributed by atoms with van der Waals surface area (Å²) in [6, 6.07) is 13.1. The van der Waals surface area contributed by atoms with Gasteiger partial charge in [0.1, 0.15) is 0 Å². The van der Waals surface area contributed by atoms with Crippen molar-refractivity contribution in [3.05, 3.63) is 68.6 Å². The molecule has 0 aliphatic carbocycles. The summed E-state index contributed by atoms with van der Waals surface area (Å²) in [7, 11) is 0. The van der Waals surface area contributed by atoms with Crippen LogP contribution < -0.4 is 5.76 Å². The molecule has 0 radical (unpaired) electrons. The van der Waals surface area contributed by atoms with Gasteiger partial charge in [-0.3, -0.25) is 9.47 Å². The second-order valence-electron chi connectivity index (χ2n) is 6.45. The van der Waals surface area contributed by atoms with Gasteiger partial charge in [0.15, 0.2) is 5.58 Å². The van der Waals surface area contributed by atoms with Gasteiger partial charge in [-0.15, -0.1) is 0 Å². The molecule has 3 aromatic rings. The first kappa shape index (κ1) is 17.6. The zero-order chi connectivity index (χ0) is 18.1. The molecule has 1 fully saturated rings. The Hall–Kier alpha value is -1.79. The summed E-state index contributed by atoms with van der Waals surface area (Å²) in [4.78, 5) is 14.5. The van der Waals surface area contributed by atoms with Crippen molar-refractivity contribution in [2.75, 3.05) is 19.7 Å². The summed E-state index contributed by atoms with van der Waals surface area (Å²) >= 11 is 11.9. The van der Waals surface area contributed by atoms with Crippen LogP contribution in [0.4, 0.5) is 0 Å². The zero-order valence-electron chi connectivity index (χ0n) is 14.0. The van der Waals surface area contributed by atoms with Crippen LogP contribution in [0.2, 0.25) is 10.0 Å². The number of aromatic nitrogens is 1. The van der Waals surface area contributed by atoms with Crippen molar-refractivity contribution in [2.45, 2.75) is 19.2 Å². The smallest absolute Gasteiger partial charge is 0.408 e. The number of fused-ring (bicyclic) bond motifs is 1. The number of nitrogens with zero attached hydrogens (tertiary/aromatic N) is 2. The number of rotatable bonds is 4. The minimum Gasteiger partial charge on any atom is -0.408 e. The Morgan fingerprint density at radius 3 is 2.65 bits per heavy atom. The van der Waals surface area contributed by atoms with E-state index in [4.69, 9.17) is 32.4 Å². The molecule has 1 unspecified atom stereocenters. The number of halogens is 2. The highest BCUT2D eigenvalue weighted by Gasteiger charge is 2.23. The first-order chi connectivity index (χ1) is 12.6. The van der Waals surface area contributed by atoms with Gasteiger partial charge < -0.3 is 9.15 Å². The second kappa shape index (κ2) is 7.45. The van der Waals surface area contributed by atoms with Crippen LogP contribution in [0.3, 0.4) is 0 Å². The van der Waals surface area contributed by atoms with E-state index >= 15 is 0 Å². The van der Waals surface area contributed by atoms with Gasteiger partial charge in [0, 0.05) is 35.7 Å². The number of hydrogen-bond donors (Lipinski definition) is 0. The molecule has 2 aromatic carbocycles. The van der Waals surface area contributed by atoms with Crippen LogP contribution in [0.15, 0.2) is 51.7 Å². The Bertz CT molecular complexity index is 965. The molecule has 2 heterocycles. The quantitative estimate of drug-likeness (QED) is 0.677. The van der Waals surface area contributed by atoms with E-state index in [0.717, 1.165) is 30.2 Å². The average Bonchev–Trinajstić information content (AvgIpc) is 2.92. The monoisotopic (exact) mass is 392 g/mol. The van der Waals surface area contributed by atoms with Gasteiger partial charge in [-0.1, -0.05) is 35.3 Å². The molecule has 0 N–H and O–H groups in total. The van der Waals surface area contributed by atoms with Crippen LogP contribution in [0.5, 0.6) is 0 Å². The number of hydrogen-bond acceptors (Lipinski definition) is 4. The molecule has 1 aliphatic heterocycles. The van der Waals surface area contributed by atoms with E-state index in [2.05, 4.69) is 4.90 Å². The maximum Gasteiger partial charge on any atom is 0.420 e. The van der Waals surface area contributed by atoms with Crippen LogP contribution in [0.1, 0.15) is 5.56 Å². The molecule has 1 saturated heterocycles. The van der Waals surface area contributed by atoms with Crippen molar-refractivity contribution < 1.29 is 9.15 Å². The third-order valence-corrected chi connectivity index (χ3v) is 5.05. The first-order valence-electron chi connectivity index (χ1n) is 8.46. The lowest BCUT2D eigenvalue weighted by Crippen LogP contribution is -2.44. The SMILES string of the molecule is O=c1oc2cc(Cl)ccc2n1CC1CN(Cc2ccc(Cl)cc2)CCO1. The lowest BCUT2D eigenvalue weighted by Gasteiger charge is -2.33. The Morgan fingerprint density at radius 1 is 1.08 bits per heavy atom. The molecule has 0 saturated carbocycles. The van der Waals surface area contributed by atoms with Gasteiger partial charge in [0.2, 0.25) is 0 Å². The van der Waals surface area contributed by atoms with E-state index in [9.17, 15) is 4.79 Å². The van der Waals surface area contributed by atoms with Crippen LogP contribution in [-0.4, -0.2) is 35.3 Å². The average molecular weight is 393 g/mol. The molecule has 0 bridgehead atoms. The molecular weight excluding hydrogens is 375 g/mol. The fraction of sp³-hybridized carbons (Fsp3) is 0.316. The van der Waals surface area contributed by atoms with E-state index in [0.29, 0.717) is 23.8 Å². The number of ether oxygens (including phenoxy) is 1. The summed E-state index contributed by atoms with van der Waals surface area (Å²) in [5, 5.41) is 1.28. The molecule has 1 aliphatic rings. The minimum absolute atomic E-state index is 0.0785. The zero-order valence-corrected chi connectivity index (χ0v) is 15.5. The van der Waals surface area contributed by atoms with Crippen molar-refractivity contribution in [2.24, 2.45) is 0 Å². The van der Waals surface area contributed by atoms with Gasteiger partial charge >= 0.3 is 5.76 Å². The molecule has 26 heavy (non-hydrogen) atoms. The maximum absolute atomic E-state index is 12.2. The van der Waals surface area contributed by atoms with Crippen molar-refractivity contribution in [3.63, 3.8) is 0 Å². The highest BCUT2D eigenvalue weighted by molar-refractivity contribution is 6.31. The molecule has 1 aromatic heterocycles. The third kappa shape index (κ3) is 3.81. The molecule has 0 spiro atoms. The lowest BCUT2D eigenvalue weighted by atomic mass is 10.2. The van der Waals surface area contributed by atoms with Crippen LogP contribution in [-0.2, 0) is 17.8 Å². The molecule has 136 valence electrons. The van der Waals surface area contributed by atoms with Gasteiger partial charge in [-0.2, -0.15) is 0 Å². The molecule has 5 nitrogen and oxygen atoms in total. The van der Waals surface area contributed by atoms with Crippen molar-refractivity contribution >= 4 is 34.3 Å². The fourth-order valence-corrected chi connectivity index (χ4v) is 3.59. The molecule has 4 rings (SSSR count). The molecule has 0 amide bonds. The summed E-state index contributed by atoms with van der Waals surface area (Å²) < 4.78 is 12.8.